The molecule has 0 aliphatic carbocycles. The molecule has 3 heteroatoms. The van der Waals surface area contributed by atoms with Gasteiger partial charge in [0.2, 0.25) is 0 Å². The molecule has 0 aliphatic rings. The minimum absolute atomic E-state index is 0.556. The SMILES string of the molecule is CCNC(CC)C(C)N(CCOC)C(C)C. The van der Waals surface area contributed by atoms with Crippen molar-refractivity contribution in [2.75, 3.05) is 26.8 Å². The maximum Gasteiger partial charge on any atom is 0.0589 e. The molecule has 0 aromatic rings. The Morgan fingerprint density at radius 1 is 1.19 bits per heavy atom. The predicted octanol–water partition coefficient (Wildman–Crippen LogP) is 2.12. The van der Waals surface area contributed by atoms with E-state index < -0.39 is 0 Å². The van der Waals surface area contributed by atoms with Crippen LogP contribution in [0, 0.1) is 0 Å². The van der Waals surface area contributed by atoms with Crippen molar-refractivity contribution in [3.63, 3.8) is 0 Å². The number of likely N-dealkylation sites (N-methyl/N-ethyl adjacent to an activating group) is 1. The third-order valence-electron chi connectivity index (χ3n) is 3.23. The van der Waals surface area contributed by atoms with Gasteiger partial charge in [-0.2, -0.15) is 0 Å². The molecule has 3 nitrogen and oxygen atoms in total. The van der Waals surface area contributed by atoms with Crippen molar-refractivity contribution in [1.29, 1.82) is 0 Å². The van der Waals surface area contributed by atoms with Gasteiger partial charge in [-0.15, -0.1) is 0 Å². The minimum atomic E-state index is 0.556. The summed E-state index contributed by atoms with van der Waals surface area (Å²) in [5.74, 6) is 0. The van der Waals surface area contributed by atoms with Gasteiger partial charge in [-0.05, 0) is 33.7 Å². The molecular formula is C13H30N2O. The second-order valence-corrected chi connectivity index (χ2v) is 4.64. The number of ether oxygens (including phenoxy) is 1. The van der Waals surface area contributed by atoms with Crippen LogP contribution in [0.1, 0.15) is 41.0 Å². The van der Waals surface area contributed by atoms with Gasteiger partial charge in [0.05, 0.1) is 6.61 Å². The van der Waals surface area contributed by atoms with Gasteiger partial charge in [-0.1, -0.05) is 13.8 Å². The highest BCUT2D eigenvalue weighted by Gasteiger charge is 2.23. The summed E-state index contributed by atoms with van der Waals surface area (Å²) in [5.41, 5.74) is 0. The lowest BCUT2D eigenvalue weighted by Gasteiger charge is -2.37. The van der Waals surface area contributed by atoms with Gasteiger partial charge < -0.3 is 10.1 Å². The third-order valence-corrected chi connectivity index (χ3v) is 3.23. The molecule has 1 N–H and O–H groups in total. The highest BCUT2D eigenvalue weighted by Crippen LogP contribution is 2.11. The van der Waals surface area contributed by atoms with Crippen molar-refractivity contribution >= 4 is 0 Å². The van der Waals surface area contributed by atoms with Gasteiger partial charge in [-0.3, -0.25) is 4.90 Å². The molecule has 2 atom stereocenters. The largest absolute Gasteiger partial charge is 0.383 e. The summed E-state index contributed by atoms with van der Waals surface area (Å²) in [4.78, 5) is 2.51. The van der Waals surface area contributed by atoms with E-state index in [9.17, 15) is 0 Å². The summed E-state index contributed by atoms with van der Waals surface area (Å²) in [7, 11) is 1.77. The van der Waals surface area contributed by atoms with Crippen LogP contribution in [-0.2, 0) is 4.74 Å². The van der Waals surface area contributed by atoms with Gasteiger partial charge in [0.1, 0.15) is 0 Å². The van der Waals surface area contributed by atoms with E-state index in [1.807, 2.05) is 0 Å². The van der Waals surface area contributed by atoms with E-state index in [1.165, 1.54) is 6.42 Å². The minimum Gasteiger partial charge on any atom is -0.383 e. The molecule has 0 heterocycles. The molecule has 0 bridgehead atoms. The molecule has 16 heavy (non-hydrogen) atoms. The zero-order valence-corrected chi connectivity index (χ0v) is 11.9. The van der Waals surface area contributed by atoms with E-state index >= 15 is 0 Å². The Labute approximate surface area is 102 Å². The molecule has 0 radical (unpaired) electrons. The molecular weight excluding hydrogens is 200 g/mol. The Morgan fingerprint density at radius 2 is 1.81 bits per heavy atom. The first kappa shape index (κ1) is 15.9. The molecule has 0 amide bonds. The van der Waals surface area contributed by atoms with E-state index in [1.54, 1.807) is 7.11 Å². The molecule has 2 unspecified atom stereocenters. The third kappa shape index (κ3) is 5.28. The summed E-state index contributed by atoms with van der Waals surface area (Å²) in [6.07, 6.45) is 1.17. The van der Waals surface area contributed by atoms with E-state index in [2.05, 4.69) is 44.8 Å². The molecule has 0 spiro atoms. The summed E-state index contributed by atoms with van der Waals surface area (Å²) in [5, 5.41) is 3.56. The maximum absolute atomic E-state index is 5.18. The van der Waals surface area contributed by atoms with Crippen molar-refractivity contribution in [1.82, 2.24) is 10.2 Å². The highest BCUT2D eigenvalue weighted by atomic mass is 16.5. The number of methoxy groups -OCH3 is 1. The van der Waals surface area contributed by atoms with E-state index in [-0.39, 0.29) is 0 Å². The zero-order chi connectivity index (χ0) is 12.6. The average Bonchev–Trinajstić information content (AvgIpc) is 2.25. The van der Waals surface area contributed by atoms with E-state index in [0.717, 1.165) is 19.7 Å². The van der Waals surface area contributed by atoms with E-state index in [0.29, 0.717) is 18.1 Å². The topological polar surface area (TPSA) is 24.5 Å². The second-order valence-electron chi connectivity index (χ2n) is 4.64. The average molecular weight is 230 g/mol. The van der Waals surface area contributed by atoms with Crippen molar-refractivity contribution in [2.24, 2.45) is 0 Å². The molecule has 98 valence electrons. The van der Waals surface area contributed by atoms with Crippen LogP contribution >= 0.6 is 0 Å². The fourth-order valence-corrected chi connectivity index (χ4v) is 2.28. The fourth-order valence-electron chi connectivity index (χ4n) is 2.28. The maximum atomic E-state index is 5.18. The summed E-state index contributed by atoms with van der Waals surface area (Å²) in [6.45, 7) is 14.1. The highest BCUT2D eigenvalue weighted by molar-refractivity contribution is 4.81. The van der Waals surface area contributed by atoms with Crippen LogP contribution in [0.5, 0.6) is 0 Å². The molecule has 0 aromatic heterocycles. The van der Waals surface area contributed by atoms with Crippen LogP contribution in [0.3, 0.4) is 0 Å². The van der Waals surface area contributed by atoms with Crippen LogP contribution in [0.15, 0.2) is 0 Å². The number of hydrogen-bond donors (Lipinski definition) is 1. The fraction of sp³-hybridized carbons (Fsp3) is 1.00. The Kier molecular flexibility index (Phi) is 8.90. The number of rotatable bonds is 9. The lowest BCUT2D eigenvalue weighted by atomic mass is 10.0. The van der Waals surface area contributed by atoms with Gasteiger partial charge in [-0.25, -0.2) is 0 Å². The van der Waals surface area contributed by atoms with Crippen molar-refractivity contribution in [3.8, 4) is 0 Å². The van der Waals surface area contributed by atoms with Crippen LogP contribution in [0.25, 0.3) is 0 Å². The van der Waals surface area contributed by atoms with Gasteiger partial charge in [0.15, 0.2) is 0 Å². The van der Waals surface area contributed by atoms with Crippen molar-refractivity contribution in [3.05, 3.63) is 0 Å². The molecule has 0 aromatic carbocycles. The molecule has 0 aliphatic heterocycles. The normalized spacial score (nSPS) is 15.8. The Morgan fingerprint density at radius 3 is 2.19 bits per heavy atom. The first-order chi connectivity index (χ1) is 7.58. The molecule has 0 fully saturated rings. The molecule has 0 saturated heterocycles. The lowest BCUT2D eigenvalue weighted by molar-refractivity contribution is 0.0847. The first-order valence-electron chi connectivity index (χ1n) is 6.56. The second kappa shape index (κ2) is 8.97. The zero-order valence-electron chi connectivity index (χ0n) is 11.9. The number of hydrogen-bond acceptors (Lipinski definition) is 3. The Balaban J connectivity index is 4.37. The van der Waals surface area contributed by atoms with Crippen molar-refractivity contribution in [2.45, 2.75) is 59.2 Å². The standard InChI is InChI=1S/C13H30N2O/c1-7-13(14-8-2)12(5)15(11(3)4)9-10-16-6/h11-14H,7-10H2,1-6H3. The van der Waals surface area contributed by atoms with Crippen LogP contribution in [0.2, 0.25) is 0 Å². The van der Waals surface area contributed by atoms with Gasteiger partial charge in [0.25, 0.3) is 0 Å². The monoisotopic (exact) mass is 230 g/mol. The molecule has 0 rings (SSSR count). The Bertz CT molecular complexity index is 162. The van der Waals surface area contributed by atoms with E-state index in [4.69, 9.17) is 4.74 Å². The number of nitrogens with one attached hydrogen (secondary N) is 1. The van der Waals surface area contributed by atoms with Crippen LogP contribution in [-0.4, -0.2) is 49.8 Å². The van der Waals surface area contributed by atoms with Crippen LogP contribution < -0.4 is 5.32 Å². The van der Waals surface area contributed by atoms with Gasteiger partial charge in [0, 0.05) is 31.8 Å². The summed E-state index contributed by atoms with van der Waals surface area (Å²) < 4.78 is 5.18. The molecule has 0 saturated carbocycles. The summed E-state index contributed by atoms with van der Waals surface area (Å²) in [6, 6.07) is 1.70. The lowest BCUT2D eigenvalue weighted by Crippen LogP contribution is -2.51. The smallest absolute Gasteiger partial charge is 0.0589 e. The summed E-state index contributed by atoms with van der Waals surface area (Å²) >= 11 is 0. The quantitative estimate of drug-likeness (QED) is 0.656. The van der Waals surface area contributed by atoms with Crippen LogP contribution in [0.4, 0.5) is 0 Å². The van der Waals surface area contributed by atoms with Gasteiger partial charge >= 0.3 is 0 Å². The number of nitrogens with zero attached hydrogens (tertiary/aromatic N) is 1. The predicted molar refractivity (Wildman–Crippen MR) is 70.9 cm³/mol. The first-order valence-corrected chi connectivity index (χ1v) is 6.56. The Hall–Kier alpha value is -0.120. The van der Waals surface area contributed by atoms with Crippen molar-refractivity contribution < 1.29 is 4.74 Å².